The number of benzene rings is 2. The van der Waals surface area contributed by atoms with Gasteiger partial charge in [0.25, 0.3) is 10.0 Å². The van der Waals surface area contributed by atoms with Crippen LogP contribution >= 0.6 is 15.9 Å². The largest absolute Gasteiger partial charge is 0.494 e. The van der Waals surface area contributed by atoms with Crippen LogP contribution in [0.2, 0.25) is 0 Å². The minimum Gasteiger partial charge on any atom is -0.494 e. The van der Waals surface area contributed by atoms with Crippen LogP contribution in [0.5, 0.6) is 5.75 Å². The van der Waals surface area contributed by atoms with E-state index in [0.29, 0.717) is 41.2 Å². The molecule has 0 aliphatic carbocycles. The van der Waals surface area contributed by atoms with Crippen molar-refractivity contribution >= 4 is 43.2 Å². The fourth-order valence-electron chi connectivity index (χ4n) is 3.47. The number of carbonyl (C=O) groups excluding carboxylic acids is 1. The van der Waals surface area contributed by atoms with E-state index in [2.05, 4.69) is 15.9 Å². The molecule has 2 aromatic carbocycles. The molecule has 0 radical (unpaired) electrons. The Morgan fingerprint density at radius 3 is 2.46 bits per heavy atom. The number of anilines is 2. The molecule has 0 bridgehead atoms. The minimum absolute atomic E-state index is 0.139. The first-order valence-electron chi connectivity index (χ1n) is 9.15. The van der Waals surface area contributed by atoms with Crippen LogP contribution in [0.4, 0.5) is 11.4 Å². The van der Waals surface area contributed by atoms with E-state index in [1.807, 2.05) is 13.0 Å². The summed E-state index contributed by atoms with van der Waals surface area (Å²) >= 11 is 3.42. The molecule has 1 amide bonds. The molecule has 0 saturated heterocycles. The molecule has 0 aromatic heterocycles. The summed E-state index contributed by atoms with van der Waals surface area (Å²) in [6, 6.07) is 10.4. The molecule has 0 unspecified atom stereocenters. The van der Waals surface area contributed by atoms with Crippen LogP contribution in [0.1, 0.15) is 26.3 Å². The molecule has 1 aliphatic heterocycles. The first-order chi connectivity index (χ1) is 13.3. The number of hydrogen-bond acceptors (Lipinski definition) is 4. The van der Waals surface area contributed by atoms with E-state index in [9.17, 15) is 13.2 Å². The lowest BCUT2D eigenvalue weighted by Crippen LogP contribution is -2.33. The Morgan fingerprint density at radius 2 is 1.89 bits per heavy atom. The second-order valence-electron chi connectivity index (χ2n) is 6.43. The van der Waals surface area contributed by atoms with Gasteiger partial charge in [-0.2, -0.15) is 0 Å². The molecular formula is C20H23BrN2O4S. The van der Waals surface area contributed by atoms with Crippen LogP contribution < -0.4 is 13.9 Å². The molecule has 0 saturated carbocycles. The summed E-state index contributed by atoms with van der Waals surface area (Å²) in [5.41, 5.74) is 1.89. The van der Waals surface area contributed by atoms with Crippen LogP contribution in [0, 0.1) is 0 Å². The van der Waals surface area contributed by atoms with Gasteiger partial charge in [-0.1, -0.05) is 15.9 Å². The van der Waals surface area contributed by atoms with Crippen molar-refractivity contribution in [1.82, 2.24) is 0 Å². The van der Waals surface area contributed by atoms with Gasteiger partial charge in [0.2, 0.25) is 5.91 Å². The third-order valence-electron chi connectivity index (χ3n) is 4.66. The SMILES string of the molecule is CCOc1ccc(N(CC)S(=O)(=O)c2cc(Br)cc3c2N(C(C)=O)CC3)cc1. The third kappa shape index (κ3) is 3.75. The molecule has 8 heteroatoms. The Kier molecular flexibility index (Phi) is 6.00. The highest BCUT2D eigenvalue weighted by molar-refractivity contribution is 9.10. The summed E-state index contributed by atoms with van der Waals surface area (Å²) in [7, 11) is -3.87. The first kappa shape index (κ1) is 20.7. The summed E-state index contributed by atoms with van der Waals surface area (Å²) in [6.07, 6.45) is 0.631. The van der Waals surface area contributed by atoms with Gasteiger partial charge in [-0.15, -0.1) is 0 Å². The number of halogens is 1. The smallest absolute Gasteiger partial charge is 0.266 e. The fourth-order valence-corrected chi connectivity index (χ4v) is 5.86. The highest BCUT2D eigenvalue weighted by Crippen LogP contribution is 2.39. The molecule has 28 heavy (non-hydrogen) atoms. The zero-order valence-corrected chi connectivity index (χ0v) is 18.5. The van der Waals surface area contributed by atoms with Gasteiger partial charge in [-0.25, -0.2) is 8.42 Å². The van der Waals surface area contributed by atoms with E-state index >= 15 is 0 Å². The lowest BCUT2D eigenvalue weighted by atomic mass is 10.2. The molecule has 0 N–H and O–H groups in total. The van der Waals surface area contributed by atoms with Crippen LogP contribution in [-0.2, 0) is 21.2 Å². The number of fused-ring (bicyclic) bond motifs is 1. The molecule has 1 aliphatic rings. The lowest BCUT2D eigenvalue weighted by molar-refractivity contribution is -0.116. The molecule has 1 heterocycles. The number of ether oxygens (including phenoxy) is 1. The van der Waals surface area contributed by atoms with Gasteiger partial charge in [-0.05, 0) is 62.2 Å². The summed E-state index contributed by atoms with van der Waals surface area (Å²) < 4.78 is 34.7. The Labute approximate surface area is 174 Å². The lowest BCUT2D eigenvalue weighted by Gasteiger charge is -2.26. The third-order valence-corrected chi connectivity index (χ3v) is 7.04. The van der Waals surface area contributed by atoms with E-state index in [-0.39, 0.29) is 17.3 Å². The summed E-state index contributed by atoms with van der Waals surface area (Å²) in [5.74, 6) is 0.521. The van der Waals surface area contributed by atoms with Crippen molar-refractivity contribution in [3.63, 3.8) is 0 Å². The highest BCUT2D eigenvalue weighted by Gasteiger charge is 2.34. The van der Waals surface area contributed by atoms with Crippen molar-refractivity contribution in [3.8, 4) is 5.75 Å². The van der Waals surface area contributed by atoms with E-state index in [0.717, 1.165) is 5.56 Å². The van der Waals surface area contributed by atoms with Gasteiger partial charge in [0.05, 0.1) is 18.0 Å². The van der Waals surface area contributed by atoms with E-state index in [1.165, 1.54) is 11.2 Å². The van der Waals surface area contributed by atoms with Crippen molar-refractivity contribution in [2.24, 2.45) is 0 Å². The maximum atomic E-state index is 13.6. The summed E-state index contributed by atoms with van der Waals surface area (Å²) in [6.45, 7) is 6.43. The summed E-state index contributed by atoms with van der Waals surface area (Å²) in [4.78, 5) is 13.8. The molecule has 6 nitrogen and oxygen atoms in total. The molecule has 3 rings (SSSR count). The van der Waals surface area contributed by atoms with E-state index in [1.54, 1.807) is 42.2 Å². The zero-order valence-electron chi connectivity index (χ0n) is 16.1. The second-order valence-corrected chi connectivity index (χ2v) is 9.18. The molecule has 150 valence electrons. The van der Waals surface area contributed by atoms with Gasteiger partial charge < -0.3 is 9.64 Å². The average molecular weight is 467 g/mol. The van der Waals surface area contributed by atoms with Crippen LogP contribution in [-0.4, -0.2) is 34.0 Å². The predicted octanol–water partition coefficient (Wildman–Crippen LogP) is 3.97. The Bertz CT molecular complexity index is 990. The number of amides is 1. The Morgan fingerprint density at radius 1 is 1.21 bits per heavy atom. The van der Waals surface area contributed by atoms with E-state index in [4.69, 9.17) is 4.74 Å². The normalized spacial score (nSPS) is 13.4. The van der Waals surface area contributed by atoms with Crippen LogP contribution in [0.15, 0.2) is 45.8 Å². The fraction of sp³-hybridized carbons (Fsp3) is 0.350. The second kappa shape index (κ2) is 8.13. The van der Waals surface area contributed by atoms with Crippen LogP contribution in [0.3, 0.4) is 0 Å². The van der Waals surface area contributed by atoms with Gasteiger partial charge in [-0.3, -0.25) is 9.10 Å². The topological polar surface area (TPSA) is 66.9 Å². The van der Waals surface area contributed by atoms with Gasteiger partial charge in [0.1, 0.15) is 10.6 Å². The van der Waals surface area contributed by atoms with Gasteiger partial charge in [0, 0.05) is 24.5 Å². The number of rotatable bonds is 6. The predicted molar refractivity (Wildman–Crippen MR) is 114 cm³/mol. The Hall–Kier alpha value is -2.06. The standard InChI is InChI=1S/C20H23BrN2O4S/c1-4-23(17-6-8-18(9-7-17)27-5-2)28(25,26)19-13-16(21)12-15-10-11-22(14(3)24)20(15)19/h6-9,12-13H,4-5,10-11H2,1-3H3. The first-order valence-corrected chi connectivity index (χ1v) is 11.4. The highest BCUT2D eigenvalue weighted by atomic mass is 79.9. The Balaban J connectivity index is 2.10. The van der Waals surface area contributed by atoms with Gasteiger partial charge >= 0.3 is 0 Å². The maximum absolute atomic E-state index is 13.6. The monoisotopic (exact) mass is 466 g/mol. The summed E-state index contributed by atoms with van der Waals surface area (Å²) in [5, 5.41) is 0. The molecule has 2 aromatic rings. The quantitative estimate of drug-likeness (QED) is 0.645. The minimum atomic E-state index is -3.87. The maximum Gasteiger partial charge on any atom is 0.266 e. The number of carbonyl (C=O) groups is 1. The van der Waals surface area contributed by atoms with Crippen molar-refractivity contribution in [3.05, 3.63) is 46.4 Å². The van der Waals surface area contributed by atoms with Crippen molar-refractivity contribution in [2.75, 3.05) is 28.9 Å². The molecule has 0 spiro atoms. The average Bonchev–Trinajstić information content (AvgIpc) is 3.07. The number of sulfonamides is 1. The van der Waals surface area contributed by atoms with Crippen molar-refractivity contribution in [1.29, 1.82) is 0 Å². The number of nitrogens with zero attached hydrogens (tertiary/aromatic N) is 2. The van der Waals surface area contributed by atoms with Crippen molar-refractivity contribution in [2.45, 2.75) is 32.1 Å². The molecular weight excluding hydrogens is 444 g/mol. The van der Waals surface area contributed by atoms with E-state index < -0.39 is 10.0 Å². The van der Waals surface area contributed by atoms with Gasteiger partial charge in [0.15, 0.2) is 0 Å². The van der Waals surface area contributed by atoms with Crippen molar-refractivity contribution < 1.29 is 17.9 Å². The van der Waals surface area contributed by atoms with Crippen LogP contribution in [0.25, 0.3) is 0 Å². The zero-order chi connectivity index (χ0) is 20.5. The molecule has 0 fully saturated rings. The molecule has 0 atom stereocenters. The number of hydrogen-bond donors (Lipinski definition) is 0.